The fourth-order valence-electron chi connectivity index (χ4n) is 7.93. The molecular weight excluding hydrogens is 723 g/mol. The molecule has 0 radical (unpaired) electrons. The molecule has 318 valence electrons. The third-order valence-electron chi connectivity index (χ3n) is 10.9. The lowest BCUT2D eigenvalue weighted by molar-refractivity contribution is 0.592. The zero-order valence-corrected chi connectivity index (χ0v) is 39.8. The van der Waals surface area contributed by atoms with E-state index in [0.29, 0.717) is 0 Å². The molecule has 2 aliphatic rings. The Labute approximate surface area is 367 Å². The number of rotatable bonds is 16. The maximum absolute atomic E-state index is 4.55. The molecule has 0 spiro atoms. The van der Waals surface area contributed by atoms with Crippen molar-refractivity contribution in [2.24, 2.45) is 11.3 Å². The van der Waals surface area contributed by atoms with Crippen LogP contribution < -0.4 is 0 Å². The summed E-state index contributed by atoms with van der Waals surface area (Å²) in [5.41, 5.74) is 17.5. The molecule has 60 heavy (non-hydrogen) atoms. The fourth-order valence-corrected chi connectivity index (χ4v) is 7.93. The maximum atomic E-state index is 4.55. The second-order valence-electron chi connectivity index (χ2n) is 15.6. The van der Waals surface area contributed by atoms with Gasteiger partial charge in [0.25, 0.3) is 0 Å². The van der Waals surface area contributed by atoms with E-state index in [2.05, 4.69) is 222 Å². The van der Waals surface area contributed by atoms with Gasteiger partial charge in [-0.15, -0.1) is 6.58 Å². The summed E-state index contributed by atoms with van der Waals surface area (Å²) in [6.07, 6.45) is 45.4. The van der Waals surface area contributed by atoms with E-state index >= 15 is 0 Å². The van der Waals surface area contributed by atoms with Gasteiger partial charge < -0.3 is 4.57 Å². The van der Waals surface area contributed by atoms with Crippen molar-refractivity contribution in [3.8, 4) is 0 Å². The number of nitrogens with zero attached hydrogens (tertiary/aromatic N) is 1. The van der Waals surface area contributed by atoms with Crippen molar-refractivity contribution in [2.75, 3.05) is 0 Å². The van der Waals surface area contributed by atoms with Gasteiger partial charge >= 0.3 is 0 Å². The Morgan fingerprint density at radius 1 is 0.900 bits per heavy atom. The summed E-state index contributed by atoms with van der Waals surface area (Å²) in [5.74, 6) is 0.260. The van der Waals surface area contributed by atoms with Gasteiger partial charge in [0, 0.05) is 16.8 Å². The van der Waals surface area contributed by atoms with Gasteiger partial charge in [-0.1, -0.05) is 194 Å². The molecule has 1 unspecified atom stereocenters. The molecule has 0 N–H and O–H groups in total. The standard InChI is InChI=1S/C51H61N.C6H10.C2H6/c1-13-18-34-47-38(9)39(10)50(49-48(36(6)7)45(26-16-4)46(27-17-5)51(49,11)12)52(47)43(25-15-3)32-23-28-37(8)41-30-19-20-31-42(35-41)44-33-22-21-29-40(44)24-14-2;1-3-5-6-4-2;1-2/h14-26,28-29,31-35,37H,5-6,13,27,30H2,1-4,7-12H3;3,5-6H,1,4H2,2H3;1-2H3/b24-14+,25-15-,26-16-,28-23+,34-18-,43-32+;6-5-;. The normalized spacial score (nSPS) is 16.2. The van der Waals surface area contributed by atoms with Crippen LogP contribution in [0.5, 0.6) is 0 Å². The Bertz CT molecular complexity index is 2170. The van der Waals surface area contributed by atoms with Crippen molar-refractivity contribution >= 4 is 29.0 Å². The highest BCUT2D eigenvalue weighted by Crippen LogP contribution is 2.56. The van der Waals surface area contributed by atoms with Gasteiger partial charge in [0.1, 0.15) is 0 Å². The summed E-state index contributed by atoms with van der Waals surface area (Å²) >= 11 is 0. The Morgan fingerprint density at radius 3 is 2.17 bits per heavy atom. The Morgan fingerprint density at radius 2 is 1.58 bits per heavy atom. The summed E-state index contributed by atoms with van der Waals surface area (Å²) in [4.78, 5) is 0. The van der Waals surface area contributed by atoms with Gasteiger partial charge in [-0.3, -0.25) is 0 Å². The van der Waals surface area contributed by atoms with Crippen LogP contribution in [-0.2, 0) is 0 Å². The first-order valence-electron chi connectivity index (χ1n) is 22.2. The van der Waals surface area contributed by atoms with Crippen LogP contribution in [0.25, 0.3) is 29.0 Å². The van der Waals surface area contributed by atoms with Gasteiger partial charge in [0.15, 0.2) is 0 Å². The van der Waals surface area contributed by atoms with Crippen LogP contribution in [0, 0.1) is 25.2 Å². The van der Waals surface area contributed by atoms with Crippen LogP contribution >= 0.6 is 0 Å². The number of benzene rings is 1. The minimum absolute atomic E-state index is 0.224. The predicted octanol–water partition coefficient (Wildman–Crippen LogP) is 18.1. The molecule has 0 saturated heterocycles. The Balaban J connectivity index is 0.00000142. The number of aromatic nitrogens is 1. The third kappa shape index (κ3) is 12.6. The second kappa shape index (κ2) is 25.9. The second-order valence-corrected chi connectivity index (χ2v) is 15.6. The molecule has 1 nitrogen and oxygen atoms in total. The van der Waals surface area contributed by atoms with E-state index in [1.54, 1.807) is 6.08 Å². The van der Waals surface area contributed by atoms with E-state index in [4.69, 9.17) is 0 Å². The first kappa shape index (κ1) is 50.7. The smallest absolute Gasteiger partial charge is 0.0541 e. The average molecular weight is 800 g/mol. The summed E-state index contributed by atoms with van der Waals surface area (Å²) in [6.45, 7) is 40.6. The van der Waals surface area contributed by atoms with E-state index in [-0.39, 0.29) is 11.3 Å². The van der Waals surface area contributed by atoms with Crippen molar-refractivity contribution in [3.63, 3.8) is 0 Å². The molecule has 4 rings (SSSR count). The quantitative estimate of drug-likeness (QED) is 0.118. The molecule has 0 saturated carbocycles. The highest BCUT2D eigenvalue weighted by molar-refractivity contribution is 5.91. The first-order valence-corrected chi connectivity index (χ1v) is 22.2. The molecule has 1 atom stereocenters. The van der Waals surface area contributed by atoms with Crippen molar-refractivity contribution in [1.29, 1.82) is 0 Å². The van der Waals surface area contributed by atoms with E-state index in [0.717, 1.165) is 37.0 Å². The van der Waals surface area contributed by atoms with Crippen molar-refractivity contribution < 1.29 is 0 Å². The molecule has 1 aromatic heterocycles. The monoisotopic (exact) mass is 800 g/mol. The Kier molecular flexibility index (Phi) is 21.9. The van der Waals surface area contributed by atoms with Crippen LogP contribution in [0.2, 0.25) is 0 Å². The van der Waals surface area contributed by atoms with Crippen molar-refractivity contribution in [2.45, 2.75) is 116 Å². The molecule has 2 aromatic rings. The van der Waals surface area contributed by atoms with E-state index in [1.165, 1.54) is 67.1 Å². The summed E-state index contributed by atoms with van der Waals surface area (Å²) in [6, 6.07) is 8.66. The molecular formula is C59H77N. The maximum Gasteiger partial charge on any atom is 0.0541 e. The number of hydrogen-bond acceptors (Lipinski definition) is 0. The highest BCUT2D eigenvalue weighted by Gasteiger charge is 2.42. The fraction of sp³-hybridized carbons (Fsp3) is 0.322. The van der Waals surface area contributed by atoms with Crippen LogP contribution in [0.1, 0.15) is 135 Å². The largest absolute Gasteiger partial charge is 0.310 e. The average Bonchev–Trinajstić information content (AvgIpc) is 3.44. The Hall–Kier alpha value is -5.40. The molecule has 0 bridgehead atoms. The molecule has 1 aromatic carbocycles. The summed E-state index contributed by atoms with van der Waals surface area (Å²) in [7, 11) is 0. The van der Waals surface area contributed by atoms with E-state index in [1.807, 2.05) is 26.0 Å². The van der Waals surface area contributed by atoms with Gasteiger partial charge in [0.05, 0.1) is 5.69 Å². The van der Waals surface area contributed by atoms with Crippen molar-refractivity contribution in [1.82, 2.24) is 4.57 Å². The van der Waals surface area contributed by atoms with Gasteiger partial charge in [-0.05, 0) is 141 Å². The zero-order valence-electron chi connectivity index (χ0n) is 39.8. The van der Waals surface area contributed by atoms with Crippen LogP contribution in [0.3, 0.4) is 0 Å². The highest BCUT2D eigenvalue weighted by atomic mass is 15.0. The zero-order chi connectivity index (χ0) is 44.8. The summed E-state index contributed by atoms with van der Waals surface area (Å²) in [5, 5.41) is 0. The van der Waals surface area contributed by atoms with Gasteiger partial charge in [0.2, 0.25) is 0 Å². The lowest BCUT2D eigenvalue weighted by Gasteiger charge is -2.30. The SMILES string of the molecule is C=C/C=C\CC.C=CCC1=C(/C=C\C)C(C(=C)C)=C(c2c(C)c(C)c(/C=C\CC)n2C(/C=C\C)=C/C=C/C(C)C2=CC(c3ccccc3/C=C/C)=CC=CC2)C1(C)C.CC. The van der Waals surface area contributed by atoms with Crippen LogP contribution in [-0.4, -0.2) is 4.57 Å². The molecule has 1 heterocycles. The summed E-state index contributed by atoms with van der Waals surface area (Å²) < 4.78 is 2.50. The predicted molar refractivity (Wildman–Crippen MR) is 275 cm³/mol. The van der Waals surface area contributed by atoms with Gasteiger partial charge in [-0.25, -0.2) is 0 Å². The molecule has 1 heteroatoms. The van der Waals surface area contributed by atoms with Crippen molar-refractivity contribution in [3.05, 3.63) is 209 Å². The lowest BCUT2D eigenvalue weighted by atomic mass is 9.76. The molecule has 2 aliphatic carbocycles. The molecule has 0 fully saturated rings. The minimum atomic E-state index is -0.224. The minimum Gasteiger partial charge on any atom is -0.310 e. The van der Waals surface area contributed by atoms with Gasteiger partial charge in [-0.2, -0.15) is 0 Å². The molecule has 0 amide bonds. The lowest BCUT2D eigenvalue weighted by Crippen LogP contribution is -2.18. The first-order chi connectivity index (χ1) is 28.9. The van der Waals surface area contributed by atoms with Crippen LogP contribution in [0.15, 0.2) is 175 Å². The van der Waals surface area contributed by atoms with E-state index in [9.17, 15) is 0 Å². The topological polar surface area (TPSA) is 4.93 Å². The third-order valence-corrected chi connectivity index (χ3v) is 10.9. The molecule has 0 aliphatic heterocycles. The number of allylic oxidation sites excluding steroid dienone is 25. The van der Waals surface area contributed by atoms with Crippen LogP contribution in [0.4, 0.5) is 0 Å². The number of hydrogen-bond donors (Lipinski definition) is 0. The van der Waals surface area contributed by atoms with E-state index < -0.39 is 0 Å².